The van der Waals surface area contributed by atoms with E-state index in [1.54, 1.807) is 14.2 Å². The fourth-order valence-electron chi connectivity index (χ4n) is 3.71. The fraction of sp³-hybridized carbons (Fsp3) is 0.429. The van der Waals surface area contributed by atoms with Crippen LogP contribution < -0.4 is 9.47 Å². The van der Waals surface area contributed by atoms with Crippen LogP contribution in [0, 0.1) is 12.8 Å². The molecule has 0 bridgehead atoms. The predicted octanol–water partition coefficient (Wildman–Crippen LogP) is 4.06. The molecule has 7 heteroatoms. The summed E-state index contributed by atoms with van der Waals surface area (Å²) < 4.78 is 11.8. The number of methoxy groups -OCH3 is 2. The van der Waals surface area contributed by atoms with Gasteiger partial charge >= 0.3 is 5.97 Å². The predicted molar refractivity (Wildman–Crippen MR) is 110 cm³/mol. The third-order valence-electron chi connectivity index (χ3n) is 5.18. The number of hydrogen-bond donors (Lipinski definition) is 1. The summed E-state index contributed by atoms with van der Waals surface area (Å²) in [5.41, 5.74) is 2.93. The number of piperidine rings is 1. The standard InChI is InChI=1S/C21H25BrN2O4/c1-13-6-7-17(23-11-13)20(24-8-4-5-14(12-24)21(25)26)15-9-18(27-2)19(28-3)10-16(15)22/h6-7,9-11,14,20H,4-5,8,12H2,1-3H3,(H,25,26). The molecule has 2 aromatic rings. The first-order chi connectivity index (χ1) is 13.4. The van der Waals surface area contributed by atoms with Crippen molar-refractivity contribution in [2.24, 2.45) is 5.92 Å². The molecule has 0 aliphatic carbocycles. The third-order valence-corrected chi connectivity index (χ3v) is 5.87. The summed E-state index contributed by atoms with van der Waals surface area (Å²) in [7, 11) is 3.21. The van der Waals surface area contributed by atoms with E-state index in [1.807, 2.05) is 37.4 Å². The molecule has 0 spiro atoms. The quantitative estimate of drug-likeness (QED) is 0.718. The van der Waals surface area contributed by atoms with Crippen LogP contribution in [0.4, 0.5) is 0 Å². The number of ether oxygens (including phenoxy) is 2. The van der Waals surface area contributed by atoms with Gasteiger partial charge in [-0.1, -0.05) is 22.0 Å². The van der Waals surface area contributed by atoms with Gasteiger partial charge in [-0.3, -0.25) is 14.7 Å². The van der Waals surface area contributed by atoms with Gasteiger partial charge in [0.1, 0.15) is 0 Å². The molecule has 1 saturated heterocycles. The molecule has 0 radical (unpaired) electrons. The number of halogens is 1. The Balaban J connectivity index is 2.09. The normalized spacial score (nSPS) is 18.5. The summed E-state index contributed by atoms with van der Waals surface area (Å²) in [5, 5.41) is 9.53. The minimum atomic E-state index is -0.744. The Morgan fingerprint density at radius 2 is 2.00 bits per heavy atom. The van der Waals surface area contributed by atoms with E-state index in [0.29, 0.717) is 24.5 Å². The Kier molecular flexibility index (Phi) is 6.57. The molecule has 0 saturated carbocycles. The highest BCUT2D eigenvalue weighted by atomic mass is 79.9. The summed E-state index contributed by atoms with van der Waals surface area (Å²) >= 11 is 3.67. The van der Waals surface area contributed by atoms with Crippen LogP contribution >= 0.6 is 15.9 Å². The van der Waals surface area contributed by atoms with Crippen molar-refractivity contribution in [1.29, 1.82) is 0 Å². The number of nitrogens with zero attached hydrogens (tertiary/aromatic N) is 2. The second-order valence-electron chi connectivity index (χ2n) is 7.06. The van der Waals surface area contributed by atoms with Gasteiger partial charge in [-0.25, -0.2) is 0 Å². The molecule has 1 aromatic heterocycles. The van der Waals surface area contributed by atoms with Crippen LogP contribution in [0.5, 0.6) is 11.5 Å². The number of benzene rings is 1. The summed E-state index contributed by atoms with van der Waals surface area (Å²) in [4.78, 5) is 18.5. The molecule has 3 rings (SSSR count). The lowest BCUT2D eigenvalue weighted by molar-refractivity contribution is -0.143. The van der Waals surface area contributed by atoms with Crippen LogP contribution in [-0.2, 0) is 4.79 Å². The summed E-state index contributed by atoms with van der Waals surface area (Å²) in [6, 6.07) is 7.68. The highest BCUT2D eigenvalue weighted by Gasteiger charge is 2.33. The molecule has 1 aromatic carbocycles. The van der Waals surface area contributed by atoms with E-state index in [9.17, 15) is 9.90 Å². The van der Waals surface area contributed by atoms with Gasteiger partial charge in [-0.15, -0.1) is 0 Å². The molecule has 28 heavy (non-hydrogen) atoms. The number of carboxylic acids is 1. The molecule has 6 nitrogen and oxygen atoms in total. The smallest absolute Gasteiger partial charge is 0.307 e. The monoisotopic (exact) mass is 448 g/mol. The van der Waals surface area contributed by atoms with Crippen LogP contribution in [-0.4, -0.2) is 48.3 Å². The summed E-state index contributed by atoms with van der Waals surface area (Å²) in [6.45, 7) is 3.29. The molecule has 2 atom stereocenters. The number of likely N-dealkylation sites (tertiary alicyclic amines) is 1. The van der Waals surface area contributed by atoms with Crippen molar-refractivity contribution in [1.82, 2.24) is 9.88 Å². The molecule has 150 valence electrons. The first kappa shape index (κ1) is 20.6. The highest BCUT2D eigenvalue weighted by molar-refractivity contribution is 9.10. The van der Waals surface area contributed by atoms with E-state index >= 15 is 0 Å². The van der Waals surface area contributed by atoms with E-state index in [1.165, 1.54) is 0 Å². The molecule has 0 amide bonds. The zero-order valence-corrected chi connectivity index (χ0v) is 17.9. The van der Waals surface area contributed by atoms with Gasteiger partial charge in [0.05, 0.1) is 31.9 Å². The van der Waals surface area contributed by atoms with Crippen molar-refractivity contribution < 1.29 is 19.4 Å². The molecule has 1 aliphatic rings. The molecular formula is C21H25BrN2O4. The first-order valence-corrected chi connectivity index (χ1v) is 10.0. The van der Waals surface area contributed by atoms with E-state index in [2.05, 4.69) is 25.8 Å². The maximum absolute atomic E-state index is 11.6. The average molecular weight is 449 g/mol. The lowest BCUT2D eigenvalue weighted by Gasteiger charge is -2.37. The fourth-order valence-corrected chi connectivity index (χ4v) is 4.25. The summed E-state index contributed by atoms with van der Waals surface area (Å²) in [5.74, 6) is 0.146. The SMILES string of the molecule is COc1cc(Br)c(C(c2ccc(C)cn2)N2CCCC(C(=O)O)C2)cc1OC. The Morgan fingerprint density at radius 1 is 1.29 bits per heavy atom. The molecule has 2 unspecified atom stereocenters. The Bertz CT molecular complexity index is 841. The highest BCUT2D eigenvalue weighted by Crippen LogP contribution is 2.41. The van der Waals surface area contributed by atoms with Crippen molar-refractivity contribution in [3.8, 4) is 11.5 Å². The Labute approximate surface area is 173 Å². The van der Waals surface area contributed by atoms with E-state index < -0.39 is 5.97 Å². The van der Waals surface area contributed by atoms with Crippen molar-refractivity contribution >= 4 is 21.9 Å². The number of carbonyl (C=O) groups is 1. The minimum absolute atomic E-state index is 0.183. The number of pyridine rings is 1. The first-order valence-electron chi connectivity index (χ1n) is 9.25. The van der Waals surface area contributed by atoms with E-state index in [0.717, 1.165) is 34.3 Å². The van der Waals surface area contributed by atoms with Gasteiger partial charge in [0.2, 0.25) is 0 Å². The zero-order valence-electron chi connectivity index (χ0n) is 16.3. The number of aryl methyl sites for hydroxylation is 1. The number of aromatic nitrogens is 1. The van der Waals surface area contributed by atoms with Gasteiger partial charge in [0.15, 0.2) is 11.5 Å². The molecular weight excluding hydrogens is 424 g/mol. The second kappa shape index (κ2) is 8.92. The number of hydrogen-bond acceptors (Lipinski definition) is 5. The van der Waals surface area contributed by atoms with E-state index in [4.69, 9.17) is 9.47 Å². The molecule has 1 N–H and O–H groups in total. The third kappa shape index (κ3) is 4.31. The number of carboxylic acid groups (broad SMARTS) is 1. The maximum atomic E-state index is 11.6. The summed E-state index contributed by atoms with van der Waals surface area (Å²) in [6.07, 6.45) is 3.38. The van der Waals surface area contributed by atoms with Gasteiger partial charge in [-0.2, -0.15) is 0 Å². The number of aliphatic carboxylic acids is 1. The van der Waals surface area contributed by atoms with Crippen molar-refractivity contribution in [2.45, 2.75) is 25.8 Å². The van der Waals surface area contributed by atoms with Gasteiger partial charge in [-0.05, 0) is 55.6 Å². The molecule has 1 aliphatic heterocycles. The van der Waals surface area contributed by atoms with E-state index in [-0.39, 0.29) is 12.0 Å². The number of rotatable bonds is 6. The van der Waals surface area contributed by atoms with Gasteiger partial charge < -0.3 is 14.6 Å². The van der Waals surface area contributed by atoms with Crippen LogP contribution in [0.25, 0.3) is 0 Å². The zero-order chi connectivity index (χ0) is 20.3. The van der Waals surface area contributed by atoms with Crippen molar-refractivity contribution in [3.05, 3.63) is 51.8 Å². The van der Waals surface area contributed by atoms with Gasteiger partial charge in [0.25, 0.3) is 0 Å². The lowest BCUT2D eigenvalue weighted by atomic mass is 9.93. The van der Waals surface area contributed by atoms with Crippen molar-refractivity contribution in [2.75, 3.05) is 27.3 Å². The largest absolute Gasteiger partial charge is 0.493 e. The average Bonchev–Trinajstić information content (AvgIpc) is 2.70. The molecule has 2 heterocycles. The van der Waals surface area contributed by atoms with Crippen LogP contribution in [0.2, 0.25) is 0 Å². The second-order valence-corrected chi connectivity index (χ2v) is 7.92. The lowest BCUT2D eigenvalue weighted by Crippen LogP contribution is -2.41. The minimum Gasteiger partial charge on any atom is -0.493 e. The van der Waals surface area contributed by atoms with Crippen LogP contribution in [0.1, 0.15) is 35.7 Å². The van der Waals surface area contributed by atoms with Crippen LogP contribution in [0.3, 0.4) is 0 Å². The van der Waals surface area contributed by atoms with Gasteiger partial charge in [0, 0.05) is 17.2 Å². The Hall–Kier alpha value is -2.12. The van der Waals surface area contributed by atoms with Crippen molar-refractivity contribution in [3.63, 3.8) is 0 Å². The van der Waals surface area contributed by atoms with Crippen LogP contribution in [0.15, 0.2) is 34.9 Å². The maximum Gasteiger partial charge on any atom is 0.307 e. The topological polar surface area (TPSA) is 71.9 Å². The molecule has 1 fully saturated rings. The Morgan fingerprint density at radius 3 is 2.61 bits per heavy atom.